The minimum Gasteiger partial charge on any atom is -0.493 e. The Kier molecular flexibility index (Phi) is 3.20. The zero-order valence-electron chi connectivity index (χ0n) is 16.7. The Labute approximate surface area is 160 Å². The average Bonchev–Trinajstić information content (AvgIpc) is 3.15. The Morgan fingerprint density at radius 3 is 2.67 bits per heavy atom. The number of hydrogen-bond acceptors (Lipinski definition) is 5. The highest BCUT2D eigenvalue weighted by Crippen LogP contribution is 2.66. The molecule has 0 N–H and O–H groups in total. The Morgan fingerprint density at radius 1 is 1.15 bits per heavy atom. The zero-order valence-corrected chi connectivity index (χ0v) is 16.7. The lowest BCUT2D eigenvalue weighted by Crippen LogP contribution is -2.70. The maximum Gasteiger partial charge on any atom is 0.207 e. The summed E-state index contributed by atoms with van der Waals surface area (Å²) in [7, 11) is 4.02. The fraction of sp³-hybridized carbons (Fsp3) is 0.727. The zero-order chi connectivity index (χ0) is 18.6. The molecule has 5 aliphatic rings. The van der Waals surface area contributed by atoms with E-state index in [1.807, 2.05) is 0 Å². The smallest absolute Gasteiger partial charge is 0.207 e. The molecule has 1 aromatic rings. The number of likely N-dealkylation sites (tertiary alicyclic amines) is 1. The van der Waals surface area contributed by atoms with Gasteiger partial charge in [-0.15, -0.1) is 0 Å². The van der Waals surface area contributed by atoms with Gasteiger partial charge >= 0.3 is 0 Å². The Balaban J connectivity index is 1.58. The van der Waals surface area contributed by atoms with Crippen molar-refractivity contribution >= 4 is 0 Å². The van der Waals surface area contributed by atoms with E-state index in [1.54, 1.807) is 7.11 Å². The lowest BCUT2D eigenvalue weighted by Gasteiger charge is -2.60. The molecule has 3 heterocycles. The van der Waals surface area contributed by atoms with Crippen molar-refractivity contribution in [3.63, 3.8) is 0 Å². The topological polar surface area (TPSA) is 40.2 Å². The van der Waals surface area contributed by atoms with E-state index in [9.17, 15) is 0 Å². The lowest BCUT2D eigenvalue weighted by molar-refractivity contribution is -0.270. The van der Waals surface area contributed by atoms with Crippen molar-refractivity contribution in [1.29, 1.82) is 0 Å². The number of likely N-dealkylation sites (N-methyl/N-ethyl adjacent to an activating group) is 1. The summed E-state index contributed by atoms with van der Waals surface area (Å²) in [5, 5.41) is 0. The third-order valence-corrected chi connectivity index (χ3v) is 8.23. The predicted octanol–water partition coefficient (Wildman–Crippen LogP) is 2.88. The van der Waals surface area contributed by atoms with Crippen LogP contribution in [0.4, 0.5) is 0 Å². The van der Waals surface area contributed by atoms with Crippen LogP contribution in [0.5, 0.6) is 11.5 Å². The van der Waals surface area contributed by atoms with Gasteiger partial charge in [0, 0.05) is 23.4 Å². The fourth-order valence-corrected chi connectivity index (χ4v) is 6.95. The second-order valence-corrected chi connectivity index (χ2v) is 9.27. The highest BCUT2D eigenvalue weighted by atomic mass is 16.8. The maximum absolute atomic E-state index is 6.78. The molecule has 2 bridgehead atoms. The first kappa shape index (κ1) is 16.6. The standard InChI is InChI=1S/C22H29NO4/c1-12-13(2)27-22(26-12)8-7-15-16-11-14-5-6-17(24-4)19-18(14)21(15,20(22)25-19)9-10-23(16)3/h5-6,12-13,15-16,20H,7-11H2,1-4H3/t12?,13?,15?,16-,20?,21+,22?/m1/s1. The molecule has 3 fully saturated rings. The molecule has 146 valence electrons. The summed E-state index contributed by atoms with van der Waals surface area (Å²) in [5.41, 5.74) is 2.81. The molecule has 0 aromatic heterocycles. The van der Waals surface area contributed by atoms with Crippen LogP contribution in [0.2, 0.25) is 0 Å². The van der Waals surface area contributed by atoms with Gasteiger partial charge in [0.2, 0.25) is 5.79 Å². The second kappa shape index (κ2) is 5.19. The Morgan fingerprint density at radius 2 is 1.93 bits per heavy atom. The summed E-state index contributed by atoms with van der Waals surface area (Å²) < 4.78 is 25.6. The first-order valence-corrected chi connectivity index (χ1v) is 10.4. The maximum atomic E-state index is 6.78. The SMILES string of the molecule is COc1ccc2c3c1OC1C4(CCC5[C@@H](C2)N(C)CC[C@@]351)OC(C)C(C)O4. The summed E-state index contributed by atoms with van der Waals surface area (Å²) in [5.74, 6) is 1.76. The van der Waals surface area contributed by atoms with Crippen LogP contribution in [-0.4, -0.2) is 55.7 Å². The number of nitrogens with zero attached hydrogens (tertiary/aromatic N) is 1. The number of ether oxygens (including phenoxy) is 4. The molecule has 2 spiro atoms. The highest BCUT2D eigenvalue weighted by molar-refractivity contribution is 5.61. The van der Waals surface area contributed by atoms with Crippen molar-refractivity contribution in [2.24, 2.45) is 5.92 Å². The fourth-order valence-electron chi connectivity index (χ4n) is 6.95. The van der Waals surface area contributed by atoms with Crippen molar-refractivity contribution in [3.8, 4) is 11.5 Å². The molecule has 6 atom stereocenters. The van der Waals surface area contributed by atoms with Crippen LogP contribution in [-0.2, 0) is 21.3 Å². The molecule has 2 aliphatic carbocycles. The van der Waals surface area contributed by atoms with Crippen LogP contribution < -0.4 is 9.47 Å². The van der Waals surface area contributed by atoms with Crippen molar-refractivity contribution in [3.05, 3.63) is 23.3 Å². The summed E-state index contributed by atoms with van der Waals surface area (Å²) in [6.45, 7) is 5.34. The van der Waals surface area contributed by atoms with Gasteiger partial charge in [-0.05, 0) is 64.3 Å². The van der Waals surface area contributed by atoms with Crippen LogP contribution in [0.3, 0.4) is 0 Å². The van der Waals surface area contributed by atoms with E-state index in [-0.39, 0.29) is 23.7 Å². The van der Waals surface area contributed by atoms with Gasteiger partial charge in [0.15, 0.2) is 17.6 Å². The van der Waals surface area contributed by atoms with Gasteiger partial charge in [-0.2, -0.15) is 0 Å². The monoisotopic (exact) mass is 371 g/mol. The Hall–Kier alpha value is -1.30. The van der Waals surface area contributed by atoms with Crippen LogP contribution in [0.25, 0.3) is 0 Å². The number of piperidine rings is 1. The summed E-state index contributed by atoms with van der Waals surface area (Å²) in [6.07, 6.45) is 4.35. The van der Waals surface area contributed by atoms with Gasteiger partial charge in [0.1, 0.15) is 0 Å². The summed E-state index contributed by atoms with van der Waals surface area (Å²) in [4.78, 5) is 2.57. The lowest BCUT2D eigenvalue weighted by atomic mass is 9.50. The van der Waals surface area contributed by atoms with Gasteiger partial charge in [-0.3, -0.25) is 0 Å². The van der Waals surface area contributed by atoms with E-state index in [2.05, 4.69) is 37.9 Å². The predicted molar refractivity (Wildman–Crippen MR) is 100 cm³/mol. The number of rotatable bonds is 1. The minimum absolute atomic E-state index is 0.0172. The van der Waals surface area contributed by atoms with Crippen molar-refractivity contribution in [2.45, 2.75) is 75.1 Å². The van der Waals surface area contributed by atoms with Gasteiger partial charge in [-0.1, -0.05) is 6.07 Å². The minimum atomic E-state index is -0.631. The highest BCUT2D eigenvalue weighted by Gasteiger charge is 2.72. The molecule has 2 saturated heterocycles. The van der Waals surface area contributed by atoms with Crippen LogP contribution in [0.1, 0.15) is 44.2 Å². The van der Waals surface area contributed by atoms with Gasteiger partial charge < -0.3 is 23.8 Å². The summed E-state index contributed by atoms with van der Waals surface area (Å²) >= 11 is 0. The summed E-state index contributed by atoms with van der Waals surface area (Å²) in [6, 6.07) is 4.91. The van der Waals surface area contributed by atoms with Gasteiger partial charge in [0.25, 0.3) is 0 Å². The molecule has 3 aliphatic heterocycles. The molecule has 0 amide bonds. The molecule has 1 aromatic carbocycles. The second-order valence-electron chi connectivity index (χ2n) is 9.27. The molecule has 4 unspecified atom stereocenters. The quantitative estimate of drug-likeness (QED) is 0.759. The van der Waals surface area contributed by atoms with E-state index in [1.165, 1.54) is 11.1 Å². The van der Waals surface area contributed by atoms with Crippen LogP contribution in [0.15, 0.2) is 12.1 Å². The third kappa shape index (κ3) is 1.82. The molecular formula is C22H29NO4. The van der Waals surface area contributed by atoms with E-state index in [0.29, 0.717) is 12.0 Å². The van der Waals surface area contributed by atoms with Crippen LogP contribution >= 0.6 is 0 Å². The van der Waals surface area contributed by atoms with Crippen molar-refractivity contribution in [1.82, 2.24) is 4.90 Å². The van der Waals surface area contributed by atoms with E-state index < -0.39 is 5.79 Å². The van der Waals surface area contributed by atoms with Gasteiger partial charge in [0.05, 0.1) is 19.3 Å². The van der Waals surface area contributed by atoms with Crippen molar-refractivity contribution < 1.29 is 18.9 Å². The van der Waals surface area contributed by atoms with Crippen LogP contribution in [0, 0.1) is 5.92 Å². The molecule has 0 radical (unpaired) electrons. The molecule has 27 heavy (non-hydrogen) atoms. The molecule has 5 nitrogen and oxygen atoms in total. The number of benzene rings is 1. The van der Waals surface area contributed by atoms with E-state index >= 15 is 0 Å². The van der Waals surface area contributed by atoms with E-state index in [4.69, 9.17) is 18.9 Å². The largest absolute Gasteiger partial charge is 0.493 e. The molecule has 6 rings (SSSR count). The number of methoxy groups -OCH3 is 1. The molecule has 5 heteroatoms. The number of hydrogen-bond donors (Lipinski definition) is 0. The molecule has 1 saturated carbocycles. The Bertz CT molecular complexity index is 800. The first-order chi connectivity index (χ1) is 13.0. The van der Waals surface area contributed by atoms with Crippen molar-refractivity contribution in [2.75, 3.05) is 20.7 Å². The third-order valence-electron chi connectivity index (χ3n) is 8.23. The first-order valence-electron chi connectivity index (χ1n) is 10.4. The van der Waals surface area contributed by atoms with Gasteiger partial charge in [-0.25, -0.2) is 0 Å². The number of fused-ring (bicyclic) bond motifs is 1. The normalized spacial score (nSPS) is 47.0. The van der Waals surface area contributed by atoms with E-state index in [0.717, 1.165) is 43.7 Å². The average molecular weight is 371 g/mol. The molecular weight excluding hydrogens is 342 g/mol.